The van der Waals surface area contributed by atoms with Gasteiger partial charge in [-0.3, -0.25) is 14.1 Å². The maximum absolute atomic E-state index is 0. The van der Waals surface area contributed by atoms with Crippen LogP contribution in [0.4, 0.5) is 14.1 Å². The van der Waals surface area contributed by atoms with Gasteiger partial charge in [-0.15, -0.1) is 0 Å². The fraction of sp³-hybridized carbons (Fsp3) is 0. The average Bonchev–Trinajstić information content (AvgIpc) is 0. The molecule has 6 heteroatoms. The maximum Gasteiger partial charge on any atom is 0.316 e. The van der Waals surface area contributed by atoms with Gasteiger partial charge in [0, 0.05) is 17.1 Å². The Bertz CT molecular complexity index is 10.8. The standard InChI is InChI=1S/3FH.K.Mg.Mn.3H/h3*1H;;;;;;. The third-order valence-corrected chi connectivity index (χ3v) is 0. The molecular formula is H6F3KMgMn. The Balaban J connectivity index is 0. The minimum Gasteiger partial charge on any atom is 0 e. The summed E-state index contributed by atoms with van der Waals surface area (Å²) >= 11 is 0. The number of hydrogen-bond donors (Lipinski definition) is 0. The molecule has 0 aromatic heterocycles. The molecule has 0 saturated heterocycles. The molecule has 0 fully saturated rings. The third-order valence-electron chi connectivity index (χ3n) is 0. The van der Waals surface area contributed by atoms with Gasteiger partial charge >= 0.3 is 74.4 Å². The molecule has 37 valence electrons. The first-order valence-corrected chi connectivity index (χ1v) is 0. The molecule has 1 radical (unpaired) electrons. The van der Waals surface area contributed by atoms with Crippen LogP contribution in [0.15, 0.2) is 0 Å². The molecular weight excluding hydrogens is 175 g/mol. The molecule has 0 saturated carbocycles. The van der Waals surface area contributed by atoms with Crippen molar-refractivity contribution in [3.63, 3.8) is 0 Å². The van der Waals surface area contributed by atoms with E-state index in [-0.39, 0.29) is 106 Å². The molecule has 6 heavy (non-hydrogen) atoms. The summed E-state index contributed by atoms with van der Waals surface area (Å²) in [5.41, 5.74) is 0. The van der Waals surface area contributed by atoms with Crippen molar-refractivity contribution in [2.24, 2.45) is 0 Å². The summed E-state index contributed by atoms with van der Waals surface area (Å²) in [5.74, 6) is 0. The van der Waals surface area contributed by atoms with Crippen molar-refractivity contribution in [3.05, 3.63) is 0 Å². The topological polar surface area (TPSA) is 0 Å². The van der Waals surface area contributed by atoms with Crippen LogP contribution in [0.25, 0.3) is 0 Å². The van der Waals surface area contributed by atoms with Crippen molar-refractivity contribution >= 4 is 74.4 Å². The summed E-state index contributed by atoms with van der Waals surface area (Å²) in [4.78, 5) is 0. The first kappa shape index (κ1) is 70.4. The molecule has 0 aromatic rings. The summed E-state index contributed by atoms with van der Waals surface area (Å²) in [7, 11) is 0. The van der Waals surface area contributed by atoms with Crippen LogP contribution in [0, 0.1) is 0 Å². The Labute approximate surface area is 103 Å². The normalized spacial score (nSPS) is 0. The molecule has 0 unspecified atom stereocenters. The quantitative estimate of drug-likeness (QED) is 0.416. The Hall–Kier alpha value is 2.71. The average molecular weight is 181 g/mol. The molecule has 0 atom stereocenters. The predicted molar refractivity (Wildman–Crippen MR) is 23.2 cm³/mol. The monoisotopic (exact) mass is 181 g/mol. The summed E-state index contributed by atoms with van der Waals surface area (Å²) in [6, 6.07) is 0. The summed E-state index contributed by atoms with van der Waals surface area (Å²) in [5, 5.41) is 0. The van der Waals surface area contributed by atoms with E-state index in [0.717, 1.165) is 0 Å². The van der Waals surface area contributed by atoms with Crippen LogP contribution in [0.3, 0.4) is 0 Å². The molecule has 0 N–H and O–H groups in total. The van der Waals surface area contributed by atoms with Crippen LogP contribution >= 0.6 is 0 Å². The predicted octanol–water partition coefficient (Wildman–Crippen LogP) is -1.11. The molecule has 0 bridgehead atoms. The molecule has 0 aliphatic rings. The van der Waals surface area contributed by atoms with Gasteiger partial charge in [0.15, 0.2) is 0 Å². The zero-order valence-electron chi connectivity index (χ0n) is 1.60. The number of rotatable bonds is 0. The molecule has 0 rings (SSSR count). The van der Waals surface area contributed by atoms with Crippen LogP contribution in [0.1, 0.15) is 0 Å². The van der Waals surface area contributed by atoms with E-state index in [9.17, 15) is 0 Å². The number of halogens is 3. The van der Waals surface area contributed by atoms with Gasteiger partial charge in [0.05, 0.1) is 0 Å². The van der Waals surface area contributed by atoms with E-state index in [0.29, 0.717) is 0 Å². The first-order valence-electron chi connectivity index (χ1n) is 0. The minimum absolute atomic E-state index is 0. The van der Waals surface area contributed by atoms with Crippen molar-refractivity contribution in [2.75, 3.05) is 0 Å². The van der Waals surface area contributed by atoms with Gasteiger partial charge in [-0.25, -0.2) is 0 Å². The second-order valence-corrected chi connectivity index (χ2v) is 0. The van der Waals surface area contributed by atoms with E-state index in [1.54, 1.807) is 0 Å². The van der Waals surface area contributed by atoms with Crippen molar-refractivity contribution < 1.29 is 31.2 Å². The summed E-state index contributed by atoms with van der Waals surface area (Å²) in [6.45, 7) is 0. The Morgan fingerprint density at radius 1 is 0.667 bits per heavy atom. The molecule has 0 nitrogen and oxygen atoms in total. The van der Waals surface area contributed by atoms with E-state index in [2.05, 4.69) is 0 Å². The molecule has 0 spiro atoms. The molecule has 0 aliphatic heterocycles. The van der Waals surface area contributed by atoms with E-state index in [1.165, 1.54) is 0 Å². The van der Waals surface area contributed by atoms with Crippen molar-refractivity contribution in [1.82, 2.24) is 0 Å². The van der Waals surface area contributed by atoms with E-state index in [4.69, 9.17) is 0 Å². The SMILES string of the molecule is F.F.F.[KH].[MgH2].[Mn]. The molecule has 0 amide bonds. The van der Waals surface area contributed by atoms with Gasteiger partial charge in [-0.05, 0) is 0 Å². The van der Waals surface area contributed by atoms with Crippen LogP contribution in [0.2, 0.25) is 0 Å². The Morgan fingerprint density at radius 3 is 0.667 bits per heavy atom. The van der Waals surface area contributed by atoms with Gasteiger partial charge in [0.1, 0.15) is 0 Å². The van der Waals surface area contributed by atoms with Gasteiger partial charge in [0.25, 0.3) is 0 Å². The van der Waals surface area contributed by atoms with Crippen molar-refractivity contribution in [2.45, 2.75) is 0 Å². The molecule has 0 heterocycles. The van der Waals surface area contributed by atoms with Gasteiger partial charge in [-0.1, -0.05) is 0 Å². The van der Waals surface area contributed by atoms with Gasteiger partial charge < -0.3 is 0 Å². The minimum atomic E-state index is 0. The second kappa shape index (κ2) is 47.2. The maximum atomic E-state index is 0. The van der Waals surface area contributed by atoms with Crippen LogP contribution in [0.5, 0.6) is 0 Å². The summed E-state index contributed by atoms with van der Waals surface area (Å²) in [6.07, 6.45) is 0. The largest absolute Gasteiger partial charge is 0.316 e. The van der Waals surface area contributed by atoms with Gasteiger partial charge in [0.2, 0.25) is 0 Å². The van der Waals surface area contributed by atoms with Crippen molar-refractivity contribution in [1.29, 1.82) is 0 Å². The van der Waals surface area contributed by atoms with E-state index >= 15 is 0 Å². The first-order chi connectivity index (χ1) is 0. The zero-order valence-corrected chi connectivity index (χ0v) is 2.78. The summed E-state index contributed by atoms with van der Waals surface area (Å²) < 4.78 is 0. The Kier molecular flexibility index (Phi) is 555. The fourth-order valence-corrected chi connectivity index (χ4v) is 0. The zero-order chi connectivity index (χ0) is 0. The molecule has 0 aliphatic carbocycles. The second-order valence-electron chi connectivity index (χ2n) is 0. The van der Waals surface area contributed by atoms with Crippen LogP contribution < -0.4 is 0 Å². The van der Waals surface area contributed by atoms with Crippen molar-refractivity contribution in [3.8, 4) is 0 Å². The Morgan fingerprint density at radius 2 is 0.667 bits per heavy atom. The number of hydrogen-bond acceptors (Lipinski definition) is 0. The smallest absolute Gasteiger partial charge is 0 e. The van der Waals surface area contributed by atoms with E-state index < -0.39 is 0 Å². The van der Waals surface area contributed by atoms with Crippen LogP contribution in [-0.2, 0) is 17.1 Å². The van der Waals surface area contributed by atoms with E-state index in [1.807, 2.05) is 0 Å². The van der Waals surface area contributed by atoms with Crippen LogP contribution in [-0.4, -0.2) is 74.4 Å². The third kappa shape index (κ3) is 29.8. The molecule has 0 aromatic carbocycles. The van der Waals surface area contributed by atoms with Gasteiger partial charge in [-0.2, -0.15) is 0 Å². The fourth-order valence-electron chi connectivity index (χ4n) is 0.